The van der Waals surface area contributed by atoms with Gasteiger partial charge in [-0.15, -0.1) is 0 Å². The average Bonchev–Trinajstić information content (AvgIpc) is 2.90. The maximum absolute atomic E-state index is 4.44. The first-order chi connectivity index (χ1) is 8.43. The summed E-state index contributed by atoms with van der Waals surface area (Å²) >= 11 is 0. The molecule has 3 aromatic heterocycles. The topological polar surface area (TPSA) is 43.6 Å². The van der Waals surface area contributed by atoms with E-state index in [4.69, 9.17) is 0 Å². The molecule has 0 atom stereocenters. The van der Waals surface area contributed by atoms with E-state index in [-0.39, 0.29) is 0 Å². The van der Waals surface area contributed by atoms with E-state index >= 15 is 0 Å². The molecule has 0 amide bonds. The third-order valence-electron chi connectivity index (χ3n) is 2.40. The van der Waals surface area contributed by atoms with Crippen molar-refractivity contribution in [1.29, 1.82) is 0 Å². The summed E-state index contributed by atoms with van der Waals surface area (Å²) in [5.74, 6) is 0.801. The van der Waals surface area contributed by atoms with E-state index in [1.807, 2.05) is 48.7 Å². The van der Waals surface area contributed by atoms with Crippen LogP contribution in [0.25, 0.3) is 17.2 Å². The molecular formula is C13H10N4. The Bertz CT molecular complexity index is 548. The van der Waals surface area contributed by atoms with Crippen LogP contribution in [-0.2, 0) is 0 Å². The van der Waals surface area contributed by atoms with Gasteiger partial charge in [0, 0.05) is 18.6 Å². The van der Waals surface area contributed by atoms with E-state index in [2.05, 4.69) is 15.1 Å². The minimum absolute atomic E-state index is 0.801. The number of hydrogen-bond donors (Lipinski definition) is 0. The van der Waals surface area contributed by atoms with E-state index in [1.165, 1.54) is 0 Å². The molecule has 0 aliphatic heterocycles. The first-order valence-corrected chi connectivity index (χ1v) is 5.32. The number of aromatic nitrogens is 4. The Kier molecular flexibility index (Phi) is 2.38. The summed E-state index contributed by atoms with van der Waals surface area (Å²) in [6, 6.07) is 13.4. The predicted octanol–water partition coefficient (Wildman–Crippen LogP) is 2.33. The van der Waals surface area contributed by atoms with E-state index in [0.717, 1.165) is 17.2 Å². The lowest BCUT2D eigenvalue weighted by Crippen LogP contribution is -1.97. The zero-order valence-electron chi connectivity index (χ0n) is 9.06. The maximum atomic E-state index is 4.44. The first-order valence-electron chi connectivity index (χ1n) is 5.32. The molecule has 0 aliphatic rings. The maximum Gasteiger partial charge on any atom is 0.153 e. The van der Waals surface area contributed by atoms with Gasteiger partial charge in [0.25, 0.3) is 0 Å². The van der Waals surface area contributed by atoms with Gasteiger partial charge in [0.2, 0.25) is 0 Å². The van der Waals surface area contributed by atoms with Gasteiger partial charge in [0.15, 0.2) is 5.82 Å². The number of hydrogen-bond acceptors (Lipinski definition) is 3. The summed E-state index contributed by atoms with van der Waals surface area (Å²) < 4.78 is 1.74. The Morgan fingerprint density at radius 2 is 1.59 bits per heavy atom. The molecule has 0 saturated heterocycles. The van der Waals surface area contributed by atoms with E-state index in [0.29, 0.717) is 0 Å². The highest BCUT2D eigenvalue weighted by atomic mass is 15.3. The number of nitrogens with zero attached hydrogens (tertiary/aromatic N) is 4. The lowest BCUT2D eigenvalue weighted by Gasteiger charge is -1.98. The van der Waals surface area contributed by atoms with Gasteiger partial charge in [-0.05, 0) is 30.3 Å². The van der Waals surface area contributed by atoms with Crippen LogP contribution in [0.3, 0.4) is 0 Å². The van der Waals surface area contributed by atoms with Crippen molar-refractivity contribution in [2.24, 2.45) is 0 Å². The lowest BCUT2D eigenvalue weighted by molar-refractivity contribution is 0.849. The van der Waals surface area contributed by atoms with Crippen LogP contribution in [0, 0.1) is 0 Å². The molecule has 3 rings (SSSR count). The molecule has 0 N–H and O–H groups in total. The van der Waals surface area contributed by atoms with Crippen LogP contribution in [0.5, 0.6) is 0 Å². The normalized spacial score (nSPS) is 10.4. The summed E-state index contributed by atoms with van der Waals surface area (Å²) in [4.78, 5) is 8.50. The zero-order chi connectivity index (χ0) is 11.5. The van der Waals surface area contributed by atoms with Crippen LogP contribution in [0.4, 0.5) is 0 Å². The first kappa shape index (κ1) is 9.72. The van der Waals surface area contributed by atoms with Gasteiger partial charge in [-0.1, -0.05) is 12.1 Å². The lowest BCUT2D eigenvalue weighted by atomic mass is 10.3. The molecule has 82 valence electrons. The second kappa shape index (κ2) is 4.17. The van der Waals surface area contributed by atoms with Gasteiger partial charge < -0.3 is 0 Å². The van der Waals surface area contributed by atoms with Crippen molar-refractivity contribution >= 4 is 0 Å². The summed E-state index contributed by atoms with van der Waals surface area (Å²) in [5.41, 5.74) is 1.71. The van der Waals surface area contributed by atoms with Gasteiger partial charge in [0.1, 0.15) is 5.69 Å². The monoisotopic (exact) mass is 222 g/mol. The third-order valence-corrected chi connectivity index (χ3v) is 2.40. The fraction of sp³-hybridized carbons (Fsp3) is 0. The van der Waals surface area contributed by atoms with Crippen molar-refractivity contribution in [1.82, 2.24) is 19.7 Å². The predicted molar refractivity (Wildman–Crippen MR) is 64.6 cm³/mol. The molecule has 0 fully saturated rings. The molecule has 0 bridgehead atoms. The fourth-order valence-electron chi connectivity index (χ4n) is 1.59. The summed E-state index contributed by atoms with van der Waals surface area (Å²) in [6.07, 6.45) is 5.39. The van der Waals surface area contributed by atoms with E-state index < -0.39 is 0 Å². The molecule has 0 unspecified atom stereocenters. The van der Waals surface area contributed by atoms with Crippen molar-refractivity contribution in [3.8, 4) is 17.2 Å². The molecule has 3 aromatic rings. The van der Waals surface area contributed by atoms with Gasteiger partial charge >= 0.3 is 0 Å². The standard InChI is InChI=1S/C13H10N4/c1-3-8-14-11(5-1)12-7-10-17(16-12)13-6-2-4-9-15-13/h1-10H. The van der Waals surface area contributed by atoms with E-state index in [1.54, 1.807) is 17.1 Å². The van der Waals surface area contributed by atoms with Crippen LogP contribution in [0.15, 0.2) is 61.1 Å². The van der Waals surface area contributed by atoms with Crippen LogP contribution in [0.1, 0.15) is 0 Å². The Hall–Kier alpha value is -2.49. The minimum atomic E-state index is 0.801. The van der Waals surface area contributed by atoms with Gasteiger partial charge in [-0.25, -0.2) is 9.67 Å². The highest BCUT2D eigenvalue weighted by molar-refractivity contribution is 5.53. The quantitative estimate of drug-likeness (QED) is 0.668. The smallest absolute Gasteiger partial charge is 0.153 e. The molecule has 0 spiro atoms. The fourth-order valence-corrected chi connectivity index (χ4v) is 1.59. The molecular weight excluding hydrogens is 212 g/mol. The Morgan fingerprint density at radius 3 is 2.29 bits per heavy atom. The molecule has 0 radical (unpaired) electrons. The third kappa shape index (κ3) is 1.92. The number of pyridine rings is 2. The molecule has 0 saturated carbocycles. The molecule has 3 heterocycles. The summed E-state index contributed by atoms with van der Waals surface area (Å²) in [5, 5.41) is 4.44. The highest BCUT2D eigenvalue weighted by Crippen LogP contribution is 2.14. The van der Waals surface area contributed by atoms with Crippen LogP contribution >= 0.6 is 0 Å². The summed E-state index contributed by atoms with van der Waals surface area (Å²) in [7, 11) is 0. The minimum Gasteiger partial charge on any atom is -0.255 e. The van der Waals surface area contributed by atoms with Crippen LogP contribution < -0.4 is 0 Å². The van der Waals surface area contributed by atoms with E-state index in [9.17, 15) is 0 Å². The highest BCUT2D eigenvalue weighted by Gasteiger charge is 2.04. The van der Waals surface area contributed by atoms with Gasteiger partial charge in [-0.2, -0.15) is 5.10 Å². The van der Waals surface area contributed by atoms with Gasteiger partial charge in [0.05, 0.1) is 5.69 Å². The Balaban J connectivity index is 1.99. The Labute approximate surface area is 98.6 Å². The second-order valence-corrected chi connectivity index (χ2v) is 3.55. The SMILES string of the molecule is c1ccc(-c2ccn(-c3ccccn3)n2)nc1. The summed E-state index contributed by atoms with van der Waals surface area (Å²) in [6.45, 7) is 0. The second-order valence-electron chi connectivity index (χ2n) is 3.55. The van der Waals surface area contributed by atoms with Crippen LogP contribution in [-0.4, -0.2) is 19.7 Å². The van der Waals surface area contributed by atoms with Crippen molar-refractivity contribution in [2.45, 2.75) is 0 Å². The largest absolute Gasteiger partial charge is 0.255 e. The van der Waals surface area contributed by atoms with Crippen molar-refractivity contribution in [3.63, 3.8) is 0 Å². The van der Waals surface area contributed by atoms with Gasteiger partial charge in [-0.3, -0.25) is 4.98 Å². The van der Waals surface area contributed by atoms with Crippen molar-refractivity contribution < 1.29 is 0 Å². The van der Waals surface area contributed by atoms with Crippen molar-refractivity contribution in [2.75, 3.05) is 0 Å². The average molecular weight is 222 g/mol. The Morgan fingerprint density at radius 1 is 0.765 bits per heavy atom. The molecule has 17 heavy (non-hydrogen) atoms. The van der Waals surface area contributed by atoms with Crippen LogP contribution in [0.2, 0.25) is 0 Å². The molecule has 4 nitrogen and oxygen atoms in total. The number of rotatable bonds is 2. The zero-order valence-corrected chi connectivity index (χ0v) is 9.06. The van der Waals surface area contributed by atoms with Crippen molar-refractivity contribution in [3.05, 3.63) is 61.1 Å². The molecule has 0 aromatic carbocycles. The molecule has 4 heteroatoms. The molecule has 0 aliphatic carbocycles.